The number of nitrogens with zero attached hydrogens (tertiary/aromatic N) is 1. The van der Waals surface area contributed by atoms with Crippen molar-refractivity contribution in [2.24, 2.45) is 0 Å². The molecule has 1 atom stereocenters. The van der Waals surface area contributed by atoms with E-state index >= 15 is 0 Å². The van der Waals surface area contributed by atoms with Crippen LogP contribution < -0.4 is 10.1 Å². The molecule has 0 spiro atoms. The summed E-state index contributed by atoms with van der Waals surface area (Å²) in [6.07, 6.45) is 5.00. The lowest BCUT2D eigenvalue weighted by atomic mass is 10.00. The van der Waals surface area contributed by atoms with Gasteiger partial charge in [-0.25, -0.2) is 0 Å². The molecule has 3 heteroatoms. The second-order valence-electron chi connectivity index (χ2n) is 5.34. The summed E-state index contributed by atoms with van der Waals surface area (Å²) in [4.78, 5) is 4.49. The smallest absolute Gasteiger partial charge is 0.118 e. The highest BCUT2D eigenvalue weighted by Gasteiger charge is 2.10. The fourth-order valence-corrected chi connectivity index (χ4v) is 2.45. The van der Waals surface area contributed by atoms with Gasteiger partial charge in [-0.1, -0.05) is 18.2 Å². The third kappa shape index (κ3) is 4.57. The number of ether oxygens (including phenoxy) is 1. The van der Waals surface area contributed by atoms with Crippen molar-refractivity contribution in [1.29, 1.82) is 0 Å². The zero-order valence-corrected chi connectivity index (χ0v) is 13.1. The van der Waals surface area contributed by atoms with Gasteiger partial charge in [0.25, 0.3) is 0 Å². The van der Waals surface area contributed by atoms with Gasteiger partial charge in [-0.15, -0.1) is 0 Å². The van der Waals surface area contributed by atoms with Gasteiger partial charge in [0.05, 0.1) is 7.11 Å². The number of aryl methyl sites for hydroxylation is 2. The van der Waals surface area contributed by atoms with E-state index in [1.807, 2.05) is 31.4 Å². The normalized spacial score (nSPS) is 12.1. The van der Waals surface area contributed by atoms with Crippen LogP contribution in [0.2, 0.25) is 0 Å². The maximum absolute atomic E-state index is 5.19. The van der Waals surface area contributed by atoms with Crippen molar-refractivity contribution in [2.75, 3.05) is 14.2 Å². The monoisotopic (exact) mass is 284 g/mol. The molecule has 2 rings (SSSR count). The van der Waals surface area contributed by atoms with Crippen molar-refractivity contribution in [2.45, 2.75) is 32.2 Å². The lowest BCUT2D eigenvalue weighted by Crippen LogP contribution is -2.28. The van der Waals surface area contributed by atoms with E-state index < -0.39 is 0 Å². The molecular weight excluding hydrogens is 260 g/mol. The number of benzene rings is 1. The molecule has 1 aromatic carbocycles. The number of hydrogen-bond acceptors (Lipinski definition) is 3. The standard InChI is InChI=1S/C18H24N2O/c1-14-5-4-12-20-18(14)13-16(19-2)9-6-15-7-10-17(21-3)11-8-15/h4-5,7-8,10-12,16,19H,6,9,13H2,1-3H3. The van der Waals surface area contributed by atoms with E-state index in [-0.39, 0.29) is 0 Å². The second-order valence-corrected chi connectivity index (χ2v) is 5.34. The molecular formula is C18H24N2O. The van der Waals surface area contributed by atoms with Crippen LogP contribution in [0.4, 0.5) is 0 Å². The number of nitrogens with one attached hydrogen (secondary N) is 1. The molecule has 0 aliphatic heterocycles. The molecule has 0 aliphatic rings. The van der Waals surface area contributed by atoms with Crippen molar-refractivity contribution in [3.8, 4) is 5.75 Å². The number of pyridine rings is 1. The molecule has 1 unspecified atom stereocenters. The molecule has 0 fully saturated rings. The summed E-state index contributed by atoms with van der Waals surface area (Å²) < 4.78 is 5.19. The molecule has 0 saturated carbocycles. The Hall–Kier alpha value is -1.87. The van der Waals surface area contributed by atoms with Crippen molar-refractivity contribution < 1.29 is 4.74 Å². The van der Waals surface area contributed by atoms with Crippen LogP contribution in [0.5, 0.6) is 5.75 Å². The number of rotatable bonds is 7. The first-order valence-corrected chi connectivity index (χ1v) is 7.43. The maximum Gasteiger partial charge on any atom is 0.118 e. The van der Waals surface area contributed by atoms with E-state index in [0.29, 0.717) is 6.04 Å². The summed E-state index contributed by atoms with van der Waals surface area (Å²) in [7, 11) is 3.72. The largest absolute Gasteiger partial charge is 0.497 e. The summed E-state index contributed by atoms with van der Waals surface area (Å²) >= 11 is 0. The summed E-state index contributed by atoms with van der Waals surface area (Å²) in [5.74, 6) is 0.910. The first-order valence-electron chi connectivity index (χ1n) is 7.43. The first kappa shape index (κ1) is 15.5. The highest BCUT2D eigenvalue weighted by molar-refractivity contribution is 5.27. The molecule has 0 bridgehead atoms. The van der Waals surface area contributed by atoms with Gasteiger partial charge in [0, 0.05) is 24.4 Å². The Balaban J connectivity index is 1.91. The molecule has 0 radical (unpaired) electrons. The van der Waals surface area contributed by atoms with Crippen LogP contribution in [0.1, 0.15) is 23.2 Å². The molecule has 21 heavy (non-hydrogen) atoms. The minimum atomic E-state index is 0.445. The highest BCUT2D eigenvalue weighted by atomic mass is 16.5. The van der Waals surface area contributed by atoms with Crippen molar-refractivity contribution in [3.63, 3.8) is 0 Å². The number of methoxy groups -OCH3 is 1. The van der Waals surface area contributed by atoms with E-state index in [4.69, 9.17) is 4.74 Å². The Labute approximate surface area is 127 Å². The van der Waals surface area contributed by atoms with Crippen LogP contribution in [-0.2, 0) is 12.8 Å². The van der Waals surface area contributed by atoms with E-state index in [2.05, 4.69) is 35.4 Å². The molecule has 1 N–H and O–H groups in total. The number of aromatic nitrogens is 1. The van der Waals surface area contributed by atoms with E-state index in [1.165, 1.54) is 16.8 Å². The van der Waals surface area contributed by atoms with Gasteiger partial charge in [0.15, 0.2) is 0 Å². The summed E-state index contributed by atoms with van der Waals surface area (Å²) in [6.45, 7) is 2.12. The maximum atomic E-state index is 5.19. The Morgan fingerprint density at radius 2 is 1.95 bits per heavy atom. The molecule has 1 aromatic heterocycles. The van der Waals surface area contributed by atoms with Crippen LogP contribution in [0.15, 0.2) is 42.6 Å². The summed E-state index contributed by atoms with van der Waals surface area (Å²) in [6, 6.07) is 12.9. The first-order chi connectivity index (χ1) is 10.2. The van der Waals surface area contributed by atoms with Gasteiger partial charge in [0.2, 0.25) is 0 Å². The van der Waals surface area contributed by atoms with Crippen LogP contribution in [0, 0.1) is 6.92 Å². The van der Waals surface area contributed by atoms with E-state index in [0.717, 1.165) is 25.0 Å². The molecule has 3 nitrogen and oxygen atoms in total. The van der Waals surface area contributed by atoms with Crippen molar-refractivity contribution >= 4 is 0 Å². The third-order valence-electron chi connectivity index (χ3n) is 3.91. The molecule has 0 amide bonds. The van der Waals surface area contributed by atoms with Crippen molar-refractivity contribution in [1.82, 2.24) is 10.3 Å². The second kappa shape index (κ2) is 7.79. The van der Waals surface area contributed by atoms with Crippen LogP contribution in [-0.4, -0.2) is 25.2 Å². The Morgan fingerprint density at radius 1 is 1.19 bits per heavy atom. The summed E-state index contributed by atoms with van der Waals surface area (Å²) in [5, 5.41) is 3.41. The average molecular weight is 284 g/mol. The van der Waals surface area contributed by atoms with Gasteiger partial charge in [-0.2, -0.15) is 0 Å². The van der Waals surface area contributed by atoms with Gasteiger partial charge in [-0.05, 0) is 56.1 Å². The Morgan fingerprint density at radius 3 is 2.57 bits per heavy atom. The minimum Gasteiger partial charge on any atom is -0.497 e. The van der Waals surface area contributed by atoms with Gasteiger partial charge < -0.3 is 10.1 Å². The average Bonchev–Trinajstić information content (AvgIpc) is 2.53. The lowest BCUT2D eigenvalue weighted by molar-refractivity contribution is 0.414. The number of likely N-dealkylation sites (N-methyl/N-ethyl adjacent to an activating group) is 1. The summed E-state index contributed by atoms with van der Waals surface area (Å²) in [5.41, 5.74) is 3.79. The van der Waals surface area contributed by atoms with Gasteiger partial charge in [0.1, 0.15) is 5.75 Å². The molecule has 0 aliphatic carbocycles. The topological polar surface area (TPSA) is 34.1 Å². The van der Waals surface area contributed by atoms with Crippen LogP contribution >= 0.6 is 0 Å². The molecule has 1 heterocycles. The fourth-order valence-electron chi connectivity index (χ4n) is 2.45. The molecule has 112 valence electrons. The zero-order valence-electron chi connectivity index (χ0n) is 13.1. The van der Waals surface area contributed by atoms with Gasteiger partial charge >= 0.3 is 0 Å². The third-order valence-corrected chi connectivity index (χ3v) is 3.91. The quantitative estimate of drug-likeness (QED) is 0.848. The van der Waals surface area contributed by atoms with Crippen LogP contribution in [0.25, 0.3) is 0 Å². The lowest BCUT2D eigenvalue weighted by Gasteiger charge is -2.17. The zero-order chi connectivity index (χ0) is 15.1. The fraction of sp³-hybridized carbons (Fsp3) is 0.389. The number of hydrogen-bond donors (Lipinski definition) is 1. The molecule has 2 aromatic rings. The molecule has 0 saturated heterocycles. The highest BCUT2D eigenvalue weighted by Crippen LogP contribution is 2.15. The minimum absolute atomic E-state index is 0.445. The Kier molecular flexibility index (Phi) is 5.76. The Bertz CT molecular complexity index is 551. The van der Waals surface area contributed by atoms with Crippen molar-refractivity contribution in [3.05, 3.63) is 59.4 Å². The van der Waals surface area contributed by atoms with Crippen LogP contribution in [0.3, 0.4) is 0 Å². The van der Waals surface area contributed by atoms with Gasteiger partial charge in [-0.3, -0.25) is 4.98 Å². The van der Waals surface area contributed by atoms with E-state index in [1.54, 1.807) is 7.11 Å². The predicted octanol–water partition coefficient (Wildman–Crippen LogP) is 3.16. The van der Waals surface area contributed by atoms with E-state index in [9.17, 15) is 0 Å². The predicted molar refractivity (Wildman–Crippen MR) is 86.8 cm³/mol. The SMILES string of the molecule is CNC(CCc1ccc(OC)cc1)Cc1ncccc1C.